The van der Waals surface area contributed by atoms with Gasteiger partial charge in [-0.25, -0.2) is 0 Å². The lowest BCUT2D eigenvalue weighted by Crippen LogP contribution is -2.31. The Hall–Kier alpha value is -1.06. The van der Waals surface area contributed by atoms with Gasteiger partial charge in [0.25, 0.3) is 0 Å². The first-order valence-electron chi connectivity index (χ1n) is 6.21. The normalized spacial score (nSPS) is 10.7. The maximum Gasteiger partial charge on any atom is 0.223 e. The number of nitrogens with zero attached hydrogens (tertiary/aromatic N) is 1. The fourth-order valence-corrected chi connectivity index (χ4v) is 1.82. The molecule has 0 atom stereocenters. The Balaban J connectivity index is 2.43. The number of carbonyl (C=O) groups is 1. The lowest BCUT2D eigenvalue weighted by atomic mass is 10.2. The van der Waals surface area contributed by atoms with E-state index in [9.17, 15) is 4.79 Å². The molecule has 0 fully saturated rings. The summed E-state index contributed by atoms with van der Waals surface area (Å²) in [5.41, 5.74) is 0.979. The Bertz CT molecular complexity index is 393. The van der Waals surface area contributed by atoms with Crippen LogP contribution < -0.4 is 5.32 Å². The van der Waals surface area contributed by atoms with Crippen molar-refractivity contribution in [1.82, 2.24) is 10.2 Å². The van der Waals surface area contributed by atoms with Gasteiger partial charge in [0, 0.05) is 37.6 Å². The molecule has 0 bridgehead atoms. The van der Waals surface area contributed by atoms with E-state index in [2.05, 4.69) is 19.2 Å². The average molecular weight is 269 g/mol. The minimum atomic E-state index is 0.128. The summed E-state index contributed by atoms with van der Waals surface area (Å²) in [6.07, 6.45) is 0.513. The van der Waals surface area contributed by atoms with Crippen LogP contribution in [0.3, 0.4) is 0 Å². The van der Waals surface area contributed by atoms with Crippen LogP contribution in [0.1, 0.15) is 25.8 Å². The third-order valence-corrected chi connectivity index (χ3v) is 3.05. The molecule has 0 saturated heterocycles. The maximum absolute atomic E-state index is 11.9. The number of halogens is 1. The third-order valence-electron chi connectivity index (χ3n) is 2.68. The highest BCUT2D eigenvalue weighted by Gasteiger charge is 2.10. The van der Waals surface area contributed by atoms with Gasteiger partial charge in [-0.2, -0.15) is 0 Å². The zero-order valence-electron chi connectivity index (χ0n) is 11.2. The quantitative estimate of drug-likeness (QED) is 0.860. The summed E-state index contributed by atoms with van der Waals surface area (Å²) in [5.74, 6) is 0.128. The van der Waals surface area contributed by atoms with Crippen LogP contribution in [0.4, 0.5) is 0 Å². The number of rotatable bonds is 6. The van der Waals surface area contributed by atoms with Gasteiger partial charge in [0.2, 0.25) is 5.91 Å². The van der Waals surface area contributed by atoms with Crippen molar-refractivity contribution in [2.24, 2.45) is 0 Å². The fourth-order valence-electron chi connectivity index (χ4n) is 1.63. The highest BCUT2D eigenvalue weighted by Crippen LogP contribution is 2.16. The van der Waals surface area contributed by atoms with Crippen LogP contribution >= 0.6 is 11.6 Å². The summed E-state index contributed by atoms with van der Waals surface area (Å²) in [6.45, 7) is 5.40. The number of carbonyl (C=O) groups excluding carboxylic acids is 1. The standard InChI is InChI=1S/C14H21ClN2O/c1-11(2)16-9-8-14(18)17(3)10-12-6-4-5-7-13(12)15/h4-7,11,16H,8-10H2,1-3H3. The van der Waals surface area contributed by atoms with Crippen LogP contribution in [-0.2, 0) is 11.3 Å². The van der Waals surface area contributed by atoms with E-state index in [1.165, 1.54) is 0 Å². The predicted octanol–water partition coefficient (Wildman–Crippen LogP) is 2.69. The summed E-state index contributed by atoms with van der Waals surface area (Å²) in [4.78, 5) is 13.6. The molecule has 1 amide bonds. The lowest BCUT2D eigenvalue weighted by molar-refractivity contribution is -0.130. The van der Waals surface area contributed by atoms with Gasteiger partial charge in [-0.1, -0.05) is 43.6 Å². The molecule has 18 heavy (non-hydrogen) atoms. The third kappa shape index (κ3) is 5.07. The van der Waals surface area contributed by atoms with Crippen LogP contribution in [0.2, 0.25) is 5.02 Å². The monoisotopic (exact) mass is 268 g/mol. The first-order chi connectivity index (χ1) is 8.50. The molecule has 0 saturated carbocycles. The van der Waals surface area contributed by atoms with Crippen LogP contribution in [-0.4, -0.2) is 30.4 Å². The van der Waals surface area contributed by atoms with Crippen molar-refractivity contribution in [2.45, 2.75) is 32.9 Å². The molecule has 0 unspecified atom stereocenters. The number of hydrogen-bond donors (Lipinski definition) is 1. The second-order valence-corrected chi connectivity index (χ2v) is 5.11. The van der Waals surface area contributed by atoms with Gasteiger partial charge >= 0.3 is 0 Å². The second kappa shape index (κ2) is 7.39. The molecule has 1 aromatic rings. The Kier molecular flexibility index (Phi) is 6.16. The van der Waals surface area contributed by atoms with Crippen LogP contribution in [0, 0.1) is 0 Å². The smallest absolute Gasteiger partial charge is 0.223 e. The van der Waals surface area contributed by atoms with E-state index in [4.69, 9.17) is 11.6 Å². The van der Waals surface area contributed by atoms with E-state index in [1.54, 1.807) is 11.9 Å². The SMILES string of the molecule is CC(C)NCCC(=O)N(C)Cc1ccccc1Cl. The van der Waals surface area contributed by atoms with Crippen LogP contribution in [0.15, 0.2) is 24.3 Å². The van der Waals surface area contributed by atoms with Crippen molar-refractivity contribution in [1.29, 1.82) is 0 Å². The van der Waals surface area contributed by atoms with Crippen molar-refractivity contribution in [2.75, 3.05) is 13.6 Å². The molecular weight excluding hydrogens is 248 g/mol. The highest BCUT2D eigenvalue weighted by atomic mass is 35.5. The molecule has 1 N–H and O–H groups in total. The minimum Gasteiger partial charge on any atom is -0.341 e. The molecule has 0 heterocycles. The summed E-state index contributed by atoms with van der Waals surface area (Å²) < 4.78 is 0. The fraction of sp³-hybridized carbons (Fsp3) is 0.500. The molecule has 0 spiro atoms. The maximum atomic E-state index is 11.9. The van der Waals surface area contributed by atoms with E-state index < -0.39 is 0 Å². The van der Waals surface area contributed by atoms with E-state index in [0.717, 1.165) is 5.56 Å². The van der Waals surface area contributed by atoms with Gasteiger partial charge in [0.1, 0.15) is 0 Å². The van der Waals surface area contributed by atoms with E-state index in [1.807, 2.05) is 24.3 Å². The van der Waals surface area contributed by atoms with Crippen molar-refractivity contribution >= 4 is 17.5 Å². The summed E-state index contributed by atoms with van der Waals surface area (Å²) in [6, 6.07) is 8.01. The zero-order chi connectivity index (χ0) is 13.5. The van der Waals surface area contributed by atoms with Gasteiger partial charge in [0.15, 0.2) is 0 Å². The molecular formula is C14H21ClN2O. The zero-order valence-corrected chi connectivity index (χ0v) is 12.0. The van der Waals surface area contributed by atoms with Crippen molar-refractivity contribution in [3.8, 4) is 0 Å². The molecule has 4 heteroatoms. The average Bonchev–Trinajstić information content (AvgIpc) is 2.31. The summed E-state index contributed by atoms with van der Waals surface area (Å²) in [7, 11) is 1.81. The first-order valence-corrected chi connectivity index (χ1v) is 6.59. The minimum absolute atomic E-state index is 0.128. The molecule has 0 aliphatic heterocycles. The summed E-state index contributed by atoms with van der Waals surface area (Å²) in [5, 5.41) is 3.94. The molecule has 1 rings (SSSR count). The second-order valence-electron chi connectivity index (χ2n) is 4.70. The molecule has 100 valence electrons. The van der Waals surface area contributed by atoms with Crippen LogP contribution in [0.5, 0.6) is 0 Å². The number of amides is 1. The summed E-state index contributed by atoms with van der Waals surface area (Å²) >= 11 is 6.07. The van der Waals surface area contributed by atoms with Crippen LogP contribution in [0.25, 0.3) is 0 Å². The Morgan fingerprint density at radius 3 is 2.67 bits per heavy atom. The predicted molar refractivity (Wildman–Crippen MR) is 75.7 cm³/mol. The Morgan fingerprint density at radius 2 is 2.06 bits per heavy atom. The van der Waals surface area contributed by atoms with Crippen molar-refractivity contribution in [3.63, 3.8) is 0 Å². The van der Waals surface area contributed by atoms with E-state index >= 15 is 0 Å². The van der Waals surface area contributed by atoms with Gasteiger partial charge in [0.05, 0.1) is 0 Å². The number of benzene rings is 1. The van der Waals surface area contributed by atoms with Crippen molar-refractivity contribution < 1.29 is 4.79 Å². The Morgan fingerprint density at radius 1 is 1.39 bits per heavy atom. The van der Waals surface area contributed by atoms with Gasteiger partial charge < -0.3 is 10.2 Å². The van der Waals surface area contributed by atoms with E-state index in [-0.39, 0.29) is 5.91 Å². The molecule has 0 aliphatic carbocycles. The largest absolute Gasteiger partial charge is 0.341 e. The molecule has 1 aromatic carbocycles. The topological polar surface area (TPSA) is 32.3 Å². The first kappa shape index (κ1) is 15.0. The molecule has 3 nitrogen and oxygen atoms in total. The van der Waals surface area contributed by atoms with Crippen molar-refractivity contribution in [3.05, 3.63) is 34.9 Å². The molecule has 0 aromatic heterocycles. The molecule has 0 radical (unpaired) electrons. The van der Waals surface area contributed by atoms with Gasteiger partial charge in [-0.05, 0) is 11.6 Å². The highest BCUT2D eigenvalue weighted by molar-refractivity contribution is 6.31. The number of nitrogens with one attached hydrogen (secondary N) is 1. The molecule has 0 aliphatic rings. The lowest BCUT2D eigenvalue weighted by Gasteiger charge is -2.18. The Labute approximate surface area is 114 Å². The van der Waals surface area contributed by atoms with Gasteiger partial charge in [-0.3, -0.25) is 4.79 Å². The number of hydrogen-bond acceptors (Lipinski definition) is 2. The van der Waals surface area contributed by atoms with E-state index in [0.29, 0.717) is 30.6 Å². The van der Waals surface area contributed by atoms with Gasteiger partial charge in [-0.15, -0.1) is 0 Å².